The fourth-order valence-corrected chi connectivity index (χ4v) is 3.34. The number of nitrogens with zero attached hydrogens (tertiary/aromatic N) is 2. The number of thiophene rings is 1. The number of hydrogen-bond acceptors (Lipinski definition) is 4. The van der Waals surface area contributed by atoms with Crippen LogP contribution in [0.15, 0.2) is 35.7 Å². The Bertz CT molecular complexity index is 641. The van der Waals surface area contributed by atoms with Crippen molar-refractivity contribution >= 4 is 34.3 Å². The fourth-order valence-electron chi connectivity index (χ4n) is 2.42. The molecule has 0 radical (unpaired) electrons. The normalized spacial score (nSPS) is 14.1. The molecule has 0 spiro atoms. The fraction of sp³-hybridized carbons (Fsp3) is 0.333. The maximum Gasteiger partial charge on any atom is 0.273 e. The van der Waals surface area contributed by atoms with Gasteiger partial charge in [0.15, 0.2) is 0 Å². The molecule has 0 bridgehead atoms. The average Bonchev–Trinajstić information content (AvgIpc) is 3.20. The number of benzene rings is 1. The largest absolute Gasteiger partial charge is 0.363 e. The van der Waals surface area contributed by atoms with Gasteiger partial charge in [-0.2, -0.15) is 0 Å². The van der Waals surface area contributed by atoms with Gasteiger partial charge in [-0.1, -0.05) is 6.07 Å². The molecule has 6 heteroatoms. The molecular formula is C15H15ClN2O2S. The Balaban J connectivity index is 1.90. The van der Waals surface area contributed by atoms with Gasteiger partial charge in [0, 0.05) is 28.2 Å². The van der Waals surface area contributed by atoms with Crippen LogP contribution in [0.25, 0.3) is 0 Å². The van der Waals surface area contributed by atoms with Gasteiger partial charge in [-0.25, -0.2) is 0 Å². The molecule has 1 fully saturated rings. The zero-order valence-corrected chi connectivity index (χ0v) is 12.9. The highest BCUT2D eigenvalue weighted by atomic mass is 35.5. The van der Waals surface area contributed by atoms with Crippen LogP contribution in [-0.4, -0.2) is 11.0 Å². The van der Waals surface area contributed by atoms with Crippen LogP contribution in [-0.2, 0) is 12.4 Å². The summed E-state index contributed by atoms with van der Waals surface area (Å²) in [5, 5.41) is 13.1. The van der Waals surface area contributed by atoms with Crippen molar-refractivity contribution in [2.45, 2.75) is 31.3 Å². The van der Waals surface area contributed by atoms with E-state index >= 15 is 0 Å². The zero-order valence-electron chi connectivity index (χ0n) is 11.4. The molecule has 0 unspecified atom stereocenters. The molecule has 1 saturated carbocycles. The Morgan fingerprint density at radius 1 is 1.38 bits per heavy atom. The van der Waals surface area contributed by atoms with Gasteiger partial charge in [0.05, 0.1) is 17.3 Å². The van der Waals surface area contributed by atoms with Gasteiger partial charge in [-0.3, -0.25) is 10.1 Å². The Hall–Kier alpha value is -1.59. The van der Waals surface area contributed by atoms with E-state index < -0.39 is 0 Å². The number of anilines is 1. The van der Waals surface area contributed by atoms with Gasteiger partial charge in [0.25, 0.3) is 5.69 Å². The van der Waals surface area contributed by atoms with E-state index in [1.807, 2.05) is 18.2 Å². The first-order valence-electron chi connectivity index (χ1n) is 6.81. The molecule has 1 aromatic heterocycles. The Labute approximate surface area is 132 Å². The van der Waals surface area contributed by atoms with Gasteiger partial charge in [0.2, 0.25) is 0 Å². The maximum absolute atomic E-state index is 11.0. The second kappa shape index (κ2) is 6.03. The summed E-state index contributed by atoms with van der Waals surface area (Å²) < 4.78 is 0. The van der Waals surface area contributed by atoms with Crippen molar-refractivity contribution in [3.05, 3.63) is 56.3 Å². The molecule has 3 rings (SSSR count). The second-order valence-corrected chi connectivity index (χ2v) is 6.44. The highest BCUT2D eigenvalue weighted by molar-refractivity contribution is 7.09. The van der Waals surface area contributed by atoms with Crippen LogP contribution in [0.4, 0.5) is 11.4 Å². The molecule has 1 aromatic carbocycles. The molecule has 0 amide bonds. The number of hydrogen-bond donors (Lipinski definition) is 0. The van der Waals surface area contributed by atoms with E-state index in [0.717, 1.165) is 12.2 Å². The van der Waals surface area contributed by atoms with Crippen molar-refractivity contribution in [3.8, 4) is 0 Å². The van der Waals surface area contributed by atoms with E-state index in [-0.39, 0.29) is 16.5 Å². The molecule has 1 heterocycles. The minimum Gasteiger partial charge on any atom is -0.363 e. The lowest BCUT2D eigenvalue weighted by Gasteiger charge is -2.24. The summed E-state index contributed by atoms with van der Waals surface area (Å²) in [4.78, 5) is 14.3. The predicted molar refractivity (Wildman–Crippen MR) is 86.2 cm³/mol. The van der Waals surface area contributed by atoms with Gasteiger partial charge in [-0.15, -0.1) is 22.9 Å². The van der Waals surface area contributed by atoms with E-state index in [1.165, 1.54) is 17.7 Å². The smallest absolute Gasteiger partial charge is 0.273 e. The van der Waals surface area contributed by atoms with Crippen LogP contribution in [0.3, 0.4) is 0 Å². The quantitative estimate of drug-likeness (QED) is 0.445. The summed E-state index contributed by atoms with van der Waals surface area (Å²) >= 11 is 7.60. The van der Waals surface area contributed by atoms with Crippen molar-refractivity contribution in [1.29, 1.82) is 0 Å². The van der Waals surface area contributed by atoms with Crippen molar-refractivity contribution in [3.63, 3.8) is 0 Å². The molecule has 1 aliphatic rings. The van der Waals surface area contributed by atoms with Gasteiger partial charge in [0.1, 0.15) is 0 Å². The lowest BCUT2D eigenvalue weighted by atomic mass is 10.1. The Morgan fingerprint density at radius 3 is 2.76 bits per heavy atom. The number of nitro groups is 1. The van der Waals surface area contributed by atoms with Gasteiger partial charge >= 0.3 is 0 Å². The first-order chi connectivity index (χ1) is 10.2. The third-order valence-electron chi connectivity index (χ3n) is 3.63. The van der Waals surface area contributed by atoms with Gasteiger partial charge < -0.3 is 4.90 Å². The Morgan fingerprint density at radius 2 is 2.19 bits per heavy atom. The number of halogens is 1. The summed E-state index contributed by atoms with van der Waals surface area (Å²) in [6.07, 6.45) is 2.36. The highest BCUT2D eigenvalue weighted by Crippen LogP contribution is 2.36. The number of nitro benzene ring substituents is 1. The molecule has 110 valence electrons. The lowest BCUT2D eigenvalue weighted by Crippen LogP contribution is -2.24. The van der Waals surface area contributed by atoms with Crippen LogP contribution in [0, 0.1) is 10.1 Å². The monoisotopic (exact) mass is 322 g/mol. The van der Waals surface area contributed by atoms with Crippen LogP contribution in [0.5, 0.6) is 0 Å². The molecule has 0 atom stereocenters. The second-order valence-electron chi connectivity index (χ2n) is 5.14. The summed E-state index contributed by atoms with van der Waals surface area (Å²) in [6.45, 7) is 0.849. The lowest BCUT2D eigenvalue weighted by molar-refractivity contribution is -0.385. The molecule has 0 aliphatic heterocycles. The van der Waals surface area contributed by atoms with E-state index in [9.17, 15) is 10.1 Å². The average molecular weight is 323 g/mol. The number of alkyl halides is 1. The van der Waals surface area contributed by atoms with E-state index in [1.54, 1.807) is 17.4 Å². The van der Waals surface area contributed by atoms with Crippen molar-refractivity contribution in [1.82, 2.24) is 0 Å². The predicted octanol–water partition coefficient (Wildman–Crippen LogP) is 4.56. The first-order valence-corrected chi connectivity index (χ1v) is 8.23. The summed E-state index contributed by atoms with van der Waals surface area (Å²) in [5.41, 5.74) is 1.70. The molecule has 1 aliphatic carbocycles. The van der Waals surface area contributed by atoms with Crippen molar-refractivity contribution < 1.29 is 4.92 Å². The minimum absolute atomic E-state index is 0.0978. The van der Waals surface area contributed by atoms with E-state index in [4.69, 9.17) is 11.6 Å². The van der Waals surface area contributed by atoms with Crippen molar-refractivity contribution in [2.24, 2.45) is 0 Å². The van der Waals surface area contributed by atoms with Crippen LogP contribution >= 0.6 is 22.9 Å². The molecule has 0 N–H and O–H groups in total. The molecule has 2 aromatic rings. The first kappa shape index (κ1) is 14.4. The molecule has 21 heavy (non-hydrogen) atoms. The molecular weight excluding hydrogens is 308 g/mol. The standard InChI is InChI=1S/C15H15ClN2O2S/c16-9-11-8-13(5-6-15(11)18(19)20)17(12-3-4-12)10-14-2-1-7-21-14/h1-2,5-8,12H,3-4,9-10H2. The SMILES string of the molecule is O=[N+]([O-])c1ccc(N(Cc2cccs2)C2CC2)cc1CCl. The van der Waals surface area contributed by atoms with E-state index in [2.05, 4.69) is 16.3 Å². The third-order valence-corrected chi connectivity index (χ3v) is 4.78. The topological polar surface area (TPSA) is 46.4 Å². The summed E-state index contributed by atoms with van der Waals surface area (Å²) in [5.74, 6) is 0.154. The zero-order chi connectivity index (χ0) is 14.8. The Kier molecular flexibility index (Phi) is 4.12. The summed E-state index contributed by atoms with van der Waals surface area (Å²) in [7, 11) is 0. The van der Waals surface area contributed by atoms with Crippen LogP contribution in [0.1, 0.15) is 23.3 Å². The van der Waals surface area contributed by atoms with Crippen LogP contribution < -0.4 is 4.90 Å². The van der Waals surface area contributed by atoms with Crippen molar-refractivity contribution in [2.75, 3.05) is 4.90 Å². The molecule has 4 nitrogen and oxygen atoms in total. The molecule has 0 saturated heterocycles. The summed E-state index contributed by atoms with van der Waals surface area (Å²) in [6, 6.07) is 9.96. The van der Waals surface area contributed by atoms with E-state index in [0.29, 0.717) is 11.6 Å². The maximum atomic E-state index is 11.0. The third kappa shape index (κ3) is 3.19. The number of rotatable bonds is 6. The van der Waals surface area contributed by atoms with Crippen LogP contribution in [0.2, 0.25) is 0 Å². The highest BCUT2D eigenvalue weighted by Gasteiger charge is 2.30. The minimum atomic E-state index is -0.373. The van der Waals surface area contributed by atoms with Gasteiger partial charge in [-0.05, 0) is 36.4 Å².